The van der Waals surface area contributed by atoms with Crippen molar-refractivity contribution in [2.75, 3.05) is 6.61 Å². The summed E-state index contributed by atoms with van der Waals surface area (Å²) in [6, 6.07) is 7.83. The number of hydrogen-bond donors (Lipinski definition) is 1. The third-order valence-corrected chi connectivity index (χ3v) is 4.14. The van der Waals surface area contributed by atoms with Gasteiger partial charge < -0.3 is 10.5 Å². The van der Waals surface area contributed by atoms with E-state index in [4.69, 9.17) is 22.1 Å². The maximum Gasteiger partial charge on any atom is 0.125 e. The van der Waals surface area contributed by atoms with Crippen LogP contribution >= 0.6 is 11.6 Å². The molecule has 0 saturated heterocycles. The Kier molecular flexibility index (Phi) is 4.13. The van der Waals surface area contributed by atoms with Crippen molar-refractivity contribution in [3.8, 4) is 5.75 Å². The van der Waals surface area contributed by atoms with Crippen LogP contribution in [0.25, 0.3) is 0 Å². The fourth-order valence-electron chi connectivity index (χ4n) is 2.91. The van der Waals surface area contributed by atoms with E-state index >= 15 is 0 Å². The number of aryl methyl sites for hydroxylation is 1. The summed E-state index contributed by atoms with van der Waals surface area (Å²) in [4.78, 5) is 4.46. The van der Waals surface area contributed by atoms with Crippen molar-refractivity contribution in [3.63, 3.8) is 0 Å². The van der Waals surface area contributed by atoms with Gasteiger partial charge in [0.25, 0.3) is 0 Å². The second-order valence-corrected chi connectivity index (χ2v) is 5.80. The molecule has 110 valence electrons. The van der Waals surface area contributed by atoms with Gasteiger partial charge in [-0.05, 0) is 47.7 Å². The van der Waals surface area contributed by atoms with Crippen LogP contribution in [0.4, 0.5) is 0 Å². The first-order chi connectivity index (χ1) is 10.2. The summed E-state index contributed by atoms with van der Waals surface area (Å²) in [7, 11) is 0. The Bertz CT molecular complexity index is 657. The van der Waals surface area contributed by atoms with Crippen LogP contribution in [0.2, 0.25) is 5.02 Å². The van der Waals surface area contributed by atoms with E-state index in [2.05, 4.69) is 18.0 Å². The molecule has 1 atom stereocenters. The van der Waals surface area contributed by atoms with Gasteiger partial charge in [0.15, 0.2) is 0 Å². The number of hydrogen-bond acceptors (Lipinski definition) is 3. The fourth-order valence-corrected chi connectivity index (χ4v) is 3.18. The van der Waals surface area contributed by atoms with Crippen LogP contribution in [-0.2, 0) is 19.3 Å². The Balaban J connectivity index is 1.90. The van der Waals surface area contributed by atoms with E-state index in [0.29, 0.717) is 6.42 Å². The average Bonchev–Trinajstić information content (AvgIpc) is 2.95. The van der Waals surface area contributed by atoms with Gasteiger partial charge in [-0.3, -0.25) is 4.98 Å². The van der Waals surface area contributed by atoms with Gasteiger partial charge in [-0.25, -0.2) is 0 Å². The number of pyridine rings is 1. The summed E-state index contributed by atoms with van der Waals surface area (Å²) < 4.78 is 5.74. The highest BCUT2D eigenvalue weighted by Gasteiger charge is 2.21. The molecular formula is C17H19ClN2O. The average molecular weight is 303 g/mol. The third kappa shape index (κ3) is 2.89. The number of rotatable bonds is 4. The van der Waals surface area contributed by atoms with Gasteiger partial charge in [-0.1, -0.05) is 24.6 Å². The molecular weight excluding hydrogens is 284 g/mol. The highest BCUT2D eigenvalue weighted by atomic mass is 35.5. The monoisotopic (exact) mass is 302 g/mol. The van der Waals surface area contributed by atoms with Gasteiger partial charge in [-0.15, -0.1) is 0 Å². The minimum absolute atomic E-state index is 0.145. The van der Waals surface area contributed by atoms with Gasteiger partial charge in [0.2, 0.25) is 0 Å². The van der Waals surface area contributed by atoms with Crippen LogP contribution in [-0.4, -0.2) is 11.6 Å². The molecule has 0 radical (unpaired) electrons. The van der Waals surface area contributed by atoms with Gasteiger partial charge in [-0.2, -0.15) is 0 Å². The lowest BCUT2D eigenvalue weighted by Crippen LogP contribution is -2.17. The van der Waals surface area contributed by atoms with E-state index < -0.39 is 0 Å². The molecule has 1 unspecified atom stereocenters. The first-order valence-electron chi connectivity index (χ1n) is 7.32. The summed E-state index contributed by atoms with van der Waals surface area (Å²) >= 11 is 6.20. The summed E-state index contributed by atoms with van der Waals surface area (Å²) in [5.41, 5.74) is 10.8. The highest BCUT2D eigenvalue weighted by Crippen LogP contribution is 2.35. The normalized spacial score (nSPS) is 14.6. The second kappa shape index (κ2) is 6.04. The second-order valence-electron chi connectivity index (χ2n) is 5.36. The Hall–Kier alpha value is -1.58. The molecule has 2 N–H and O–H groups in total. The van der Waals surface area contributed by atoms with Crippen molar-refractivity contribution in [3.05, 3.63) is 57.9 Å². The molecule has 1 aromatic carbocycles. The Labute approximate surface area is 130 Å². The molecule has 2 heterocycles. The lowest BCUT2D eigenvalue weighted by molar-refractivity contribution is 0.352. The van der Waals surface area contributed by atoms with Gasteiger partial charge >= 0.3 is 0 Å². The summed E-state index contributed by atoms with van der Waals surface area (Å²) in [5.74, 6) is 0.962. The first kappa shape index (κ1) is 14.4. The number of nitrogens with zero attached hydrogens (tertiary/aromatic N) is 1. The molecule has 2 aromatic rings. The van der Waals surface area contributed by atoms with Crippen LogP contribution in [0.5, 0.6) is 5.75 Å². The fraction of sp³-hybridized carbons (Fsp3) is 0.353. The van der Waals surface area contributed by atoms with Gasteiger partial charge in [0.1, 0.15) is 5.75 Å². The predicted molar refractivity (Wildman–Crippen MR) is 84.9 cm³/mol. The van der Waals surface area contributed by atoms with Gasteiger partial charge in [0, 0.05) is 17.6 Å². The van der Waals surface area contributed by atoms with Crippen LogP contribution in [0.3, 0.4) is 0 Å². The molecule has 0 bridgehead atoms. The van der Waals surface area contributed by atoms with Crippen molar-refractivity contribution in [1.29, 1.82) is 0 Å². The van der Waals surface area contributed by atoms with E-state index in [0.717, 1.165) is 41.5 Å². The minimum atomic E-state index is -0.145. The Morgan fingerprint density at radius 3 is 3.05 bits per heavy atom. The number of fused-ring (bicyclic) bond motifs is 1. The third-order valence-electron chi connectivity index (χ3n) is 3.92. The summed E-state index contributed by atoms with van der Waals surface area (Å²) in [5, 5.41) is 0.748. The molecule has 1 aliphatic heterocycles. The quantitative estimate of drug-likeness (QED) is 0.940. The maximum atomic E-state index is 6.39. The SMILES string of the molecule is CCc1cccnc1C(N)Cc1cc(Cl)cc2c1OCC2. The number of halogens is 1. The zero-order valence-corrected chi connectivity index (χ0v) is 12.9. The predicted octanol–water partition coefficient (Wildman–Crippen LogP) is 3.47. The Morgan fingerprint density at radius 1 is 1.38 bits per heavy atom. The van der Waals surface area contributed by atoms with Crippen molar-refractivity contribution in [2.24, 2.45) is 5.73 Å². The van der Waals surface area contributed by atoms with E-state index in [1.54, 1.807) is 6.20 Å². The smallest absolute Gasteiger partial charge is 0.125 e. The topological polar surface area (TPSA) is 48.1 Å². The molecule has 1 aliphatic rings. The van der Waals surface area contributed by atoms with Crippen LogP contribution in [0.15, 0.2) is 30.5 Å². The Morgan fingerprint density at radius 2 is 2.24 bits per heavy atom. The summed E-state index contributed by atoms with van der Waals surface area (Å²) in [6.07, 6.45) is 4.34. The number of benzene rings is 1. The zero-order chi connectivity index (χ0) is 14.8. The molecule has 0 fully saturated rings. The van der Waals surface area contributed by atoms with E-state index in [1.165, 1.54) is 11.1 Å². The first-order valence-corrected chi connectivity index (χ1v) is 7.70. The minimum Gasteiger partial charge on any atom is -0.493 e. The largest absolute Gasteiger partial charge is 0.493 e. The summed E-state index contributed by atoms with van der Waals surface area (Å²) in [6.45, 7) is 2.84. The molecule has 4 heteroatoms. The van der Waals surface area contributed by atoms with Crippen molar-refractivity contribution in [2.45, 2.75) is 32.2 Å². The number of aromatic nitrogens is 1. The number of ether oxygens (including phenoxy) is 1. The lowest BCUT2D eigenvalue weighted by Gasteiger charge is -2.16. The molecule has 0 saturated carbocycles. The number of nitrogens with two attached hydrogens (primary N) is 1. The van der Waals surface area contributed by atoms with E-state index in [9.17, 15) is 0 Å². The standard InChI is InChI=1S/C17H19ClN2O/c1-2-11-4-3-6-20-16(11)15(19)10-13-9-14(18)8-12-5-7-21-17(12)13/h3-4,6,8-9,15H,2,5,7,10,19H2,1H3. The molecule has 1 aromatic heterocycles. The zero-order valence-electron chi connectivity index (χ0n) is 12.1. The van der Waals surface area contributed by atoms with Gasteiger partial charge in [0.05, 0.1) is 18.3 Å². The molecule has 3 nitrogen and oxygen atoms in total. The van der Waals surface area contributed by atoms with Crippen LogP contribution in [0, 0.1) is 0 Å². The lowest BCUT2D eigenvalue weighted by atomic mass is 9.97. The highest BCUT2D eigenvalue weighted by molar-refractivity contribution is 6.30. The van der Waals surface area contributed by atoms with Crippen molar-refractivity contribution >= 4 is 11.6 Å². The van der Waals surface area contributed by atoms with Crippen LogP contribution < -0.4 is 10.5 Å². The molecule has 0 spiro atoms. The molecule has 0 amide bonds. The maximum absolute atomic E-state index is 6.39. The van der Waals surface area contributed by atoms with Crippen LogP contribution in [0.1, 0.15) is 35.3 Å². The van der Waals surface area contributed by atoms with Crippen molar-refractivity contribution in [1.82, 2.24) is 4.98 Å². The molecule has 0 aliphatic carbocycles. The molecule has 21 heavy (non-hydrogen) atoms. The molecule has 3 rings (SSSR count). The van der Waals surface area contributed by atoms with E-state index in [1.807, 2.05) is 18.2 Å². The van der Waals surface area contributed by atoms with Crippen molar-refractivity contribution < 1.29 is 4.74 Å². The van der Waals surface area contributed by atoms with E-state index in [-0.39, 0.29) is 6.04 Å².